The molecule has 0 radical (unpaired) electrons. The second-order valence-corrected chi connectivity index (χ2v) is 4.47. The monoisotopic (exact) mass is 199 g/mol. The molecule has 0 heterocycles. The van der Waals surface area contributed by atoms with E-state index in [1.54, 1.807) is 0 Å². The summed E-state index contributed by atoms with van der Waals surface area (Å²) in [6.45, 7) is 9.12. The largest absolute Gasteiger partial charge is 0.317 e. The van der Waals surface area contributed by atoms with E-state index in [2.05, 4.69) is 26.1 Å². The van der Waals surface area contributed by atoms with Crippen molar-refractivity contribution in [1.29, 1.82) is 0 Å². The van der Waals surface area contributed by atoms with Gasteiger partial charge in [-0.05, 0) is 25.4 Å². The third-order valence-electron chi connectivity index (χ3n) is 2.79. The molecule has 0 fully saturated rings. The minimum absolute atomic E-state index is 0.862. The Kier molecular flexibility index (Phi) is 11.0. The van der Waals surface area contributed by atoms with Crippen LogP contribution in [0.2, 0.25) is 0 Å². The maximum atomic E-state index is 3.41. The third-order valence-corrected chi connectivity index (χ3v) is 2.79. The quantitative estimate of drug-likeness (QED) is 0.525. The molecule has 0 saturated carbocycles. The first-order valence-corrected chi connectivity index (χ1v) is 6.52. The first kappa shape index (κ1) is 14.0. The smallest absolute Gasteiger partial charge is 0.00233 e. The van der Waals surface area contributed by atoms with Gasteiger partial charge < -0.3 is 5.32 Å². The summed E-state index contributed by atoms with van der Waals surface area (Å²) in [5.41, 5.74) is 0. The second kappa shape index (κ2) is 11.0. The van der Waals surface area contributed by atoms with Gasteiger partial charge in [-0.15, -0.1) is 0 Å². The van der Waals surface area contributed by atoms with Crippen molar-refractivity contribution in [1.82, 2.24) is 5.32 Å². The Balaban J connectivity index is 3.02. The highest BCUT2D eigenvalue weighted by Crippen LogP contribution is 2.11. The van der Waals surface area contributed by atoms with Crippen LogP contribution in [0.4, 0.5) is 0 Å². The zero-order valence-corrected chi connectivity index (χ0v) is 10.4. The zero-order chi connectivity index (χ0) is 10.6. The SMILES string of the molecule is CCCCCCCCC(C)CNCC. The molecule has 1 nitrogen and oxygen atoms in total. The van der Waals surface area contributed by atoms with E-state index in [9.17, 15) is 0 Å². The highest BCUT2D eigenvalue weighted by molar-refractivity contribution is 4.56. The Hall–Kier alpha value is -0.0400. The molecule has 86 valence electrons. The summed E-state index contributed by atoms with van der Waals surface area (Å²) in [7, 11) is 0. The number of hydrogen-bond acceptors (Lipinski definition) is 1. The van der Waals surface area contributed by atoms with Gasteiger partial charge in [0, 0.05) is 0 Å². The molecule has 0 amide bonds. The molecule has 1 unspecified atom stereocenters. The molecular formula is C13H29N. The topological polar surface area (TPSA) is 12.0 Å². The van der Waals surface area contributed by atoms with Gasteiger partial charge in [-0.25, -0.2) is 0 Å². The van der Waals surface area contributed by atoms with Gasteiger partial charge in [0.05, 0.1) is 0 Å². The molecular weight excluding hydrogens is 170 g/mol. The molecule has 0 aliphatic heterocycles. The number of rotatable bonds is 10. The fourth-order valence-corrected chi connectivity index (χ4v) is 1.77. The molecule has 0 spiro atoms. The van der Waals surface area contributed by atoms with Crippen molar-refractivity contribution in [2.75, 3.05) is 13.1 Å². The van der Waals surface area contributed by atoms with Gasteiger partial charge in [0.1, 0.15) is 0 Å². The van der Waals surface area contributed by atoms with Crippen LogP contribution >= 0.6 is 0 Å². The molecule has 0 bridgehead atoms. The van der Waals surface area contributed by atoms with Gasteiger partial charge in [-0.2, -0.15) is 0 Å². The van der Waals surface area contributed by atoms with Crippen molar-refractivity contribution >= 4 is 0 Å². The van der Waals surface area contributed by atoms with Crippen molar-refractivity contribution in [2.24, 2.45) is 5.92 Å². The van der Waals surface area contributed by atoms with E-state index in [1.807, 2.05) is 0 Å². The fourth-order valence-electron chi connectivity index (χ4n) is 1.77. The Morgan fingerprint density at radius 2 is 1.57 bits per heavy atom. The molecule has 14 heavy (non-hydrogen) atoms. The number of unbranched alkanes of at least 4 members (excludes halogenated alkanes) is 5. The predicted octanol–water partition coefficient (Wildman–Crippen LogP) is 3.98. The molecule has 0 saturated heterocycles. The lowest BCUT2D eigenvalue weighted by Gasteiger charge is -2.11. The average molecular weight is 199 g/mol. The van der Waals surface area contributed by atoms with Crippen molar-refractivity contribution < 1.29 is 0 Å². The molecule has 0 aliphatic rings. The van der Waals surface area contributed by atoms with Gasteiger partial charge in [0.25, 0.3) is 0 Å². The van der Waals surface area contributed by atoms with Gasteiger partial charge in [-0.1, -0.05) is 59.3 Å². The minimum atomic E-state index is 0.862. The highest BCUT2D eigenvalue weighted by Gasteiger charge is 2.00. The van der Waals surface area contributed by atoms with Gasteiger partial charge in [0.2, 0.25) is 0 Å². The molecule has 1 N–H and O–H groups in total. The van der Waals surface area contributed by atoms with Gasteiger partial charge >= 0.3 is 0 Å². The summed E-state index contributed by atoms with van der Waals surface area (Å²) >= 11 is 0. The molecule has 0 aromatic carbocycles. The highest BCUT2D eigenvalue weighted by atomic mass is 14.8. The molecule has 0 aliphatic carbocycles. The van der Waals surface area contributed by atoms with Crippen molar-refractivity contribution in [2.45, 2.75) is 65.7 Å². The molecule has 1 heteroatoms. The summed E-state index contributed by atoms with van der Waals surface area (Å²) < 4.78 is 0. The number of hydrogen-bond donors (Lipinski definition) is 1. The second-order valence-electron chi connectivity index (χ2n) is 4.47. The van der Waals surface area contributed by atoms with Crippen LogP contribution in [-0.2, 0) is 0 Å². The molecule has 0 rings (SSSR count). The van der Waals surface area contributed by atoms with Crippen LogP contribution in [0.3, 0.4) is 0 Å². The van der Waals surface area contributed by atoms with E-state index in [1.165, 1.54) is 51.5 Å². The molecule has 0 aromatic heterocycles. The van der Waals surface area contributed by atoms with Crippen molar-refractivity contribution in [3.8, 4) is 0 Å². The Bertz CT molecular complexity index is 101. The summed E-state index contributed by atoms with van der Waals surface area (Å²) in [6, 6.07) is 0. The van der Waals surface area contributed by atoms with Gasteiger partial charge in [-0.3, -0.25) is 0 Å². The van der Waals surface area contributed by atoms with Crippen LogP contribution in [0.5, 0.6) is 0 Å². The lowest BCUT2D eigenvalue weighted by Crippen LogP contribution is -2.20. The lowest BCUT2D eigenvalue weighted by molar-refractivity contribution is 0.456. The minimum Gasteiger partial charge on any atom is -0.317 e. The summed E-state index contributed by atoms with van der Waals surface area (Å²) in [4.78, 5) is 0. The zero-order valence-electron chi connectivity index (χ0n) is 10.4. The Morgan fingerprint density at radius 3 is 2.21 bits per heavy atom. The van der Waals surface area contributed by atoms with Crippen LogP contribution < -0.4 is 5.32 Å². The maximum absolute atomic E-state index is 3.41. The first-order chi connectivity index (χ1) is 6.81. The van der Waals surface area contributed by atoms with Crippen LogP contribution in [0.25, 0.3) is 0 Å². The van der Waals surface area contributed by atoms with Crippen LogP contribution in [0, 0.1) is 5.92 Å². The van der Waals surface area contributed by atoms with Crippen LogP contribution in [-0.4, -0.2) is 13.1 Å². The summed E-state index contributed by atoms with van der Waals surface area (Å²) in [6.07, 6.45) is 9.94. The van der Waals surface area contributed by atoms with Gasteiger partial charge in [0.15, 0.2) is 0 Å². The van der Waals surface area contributed by atoms with E-state index >= 15 is 0 Å². The summed E-state index contributed by atoms with van der Waals surface area (Å²) in [5, 5.41) is 3.41. The molecule has 1 atom stereocenters. The fraction of sp³-hybridized carbons (Fsp3) is 1.00. The van der Waals surface area contributed by atoms with E-state index in [-0.39, 0.29) is 0 Å². The first-order valence-electron chi connectivity index (χ1n) is 6.52. The summed E-state index contributed by atoms with van der Waals surface area (Å²) in [5.74, 6) is 0.862. The van der Waals surface area contributed by atoms with Crippen LogP contribution in [0.15, 0.2) is 0 Å². The average Bonchev–Trinajstić information content (AvgIpc) is 2.20. The van der Waals surface area contributed by atoms with E-state index < -0.39 is 0 Å². The van der Waals surface area contributed by atoms with Crippen molar-refractivity contribution in [3.05, 3.63) is 0 Å². The normalized spacial score (nSPS) is 13.1. The number of nitrogens with one attached hydrogen (secondary N) is 1. The predicted molar refractivity (Wildman–Crippen MR) is 65.7 cm³/mol. The maximum Gasteiger partial charge on any atom is -0.00233 e. The van der Waals surface area contributed by atoms with E-state index in [0.29, 0.717) is 0 Å². The van der Waals surface area contributed by atoms with E-state index in [4.69, 9.17) is 0 Å². The van der Waals surface area contributed by atoms with E-state index in [0.717, 1.165) is 12.5 Å². The Labute approximate surface area is 90.7 Å². The third kappa shape index (κ3) is 10.0. The lowest BCUT2D eigenvalue weighted by atomic mass is 10.0. The molecule has 0 aromatic rings. The standard InChI is InChI=1S/C13H29N/c1-4-6-7-8-9-10-11-13(3)12-14-5-2/h13-14H,4-12H2,1-3H3. The Morgan fingerprint density at radius 1 is 0.929 bits per heavy atom. The van der Waals surface area contributed by atoms with Crippen LogP contribution in [0.1, 0.15) is 65.7 Å². The van der Waals surface area contributed by atoms with Crippen molar-refractivity contribution in [3.63, 3.8) is 0 Å².